The molecule has 3 rings (SSSR count). The molecule has 6 heteroatoms. The average molecular weight is 384 g/mol. The molecule has 3 aromatic rings. The number of hydrogen-bond donors (Lipinski definition) is 2. The van der Waals surface area contributed by atoms with E-state index in [4.69, 9.17) is 0 Å². The van der Waals surface area contributed by atoms with Gasteiger partial charge in [0.2, 0.25) is 0 Å². The minimum absolute atomic E-state index is 0.0846. The van der Waals surface area contributed by atoms with Crippen LogP contribution in [0.15, 0.2) is 58.1 Å². The molecule has 1 amide bonds. The second-order valence-electron chi connectivity index (χ2n) is 5.23. The summed E-state index contributed by atoms with van der Waals surface area (Å²) >= 11 is 3.32. The summed E-state index contributed by atoms with van der Waals surface area (Å²) in [6.45, 7) is 1.84. The van der Waals surface area contributed by atoms with Gasteiger partial charge in [0.1, 0.15) is 5.75 Å². The fourth-order valence-corrected chi connectivity index (χ4v) is 2.72. The van der Waals surface area contributed by atoms with Crippen LogP contribution in [-0.4, -0.2) is 22.2 Å². The summed E-state index contributed by atoms with van der Waals surface area (Å²) in [4.78, 5) is 16.8. The fraction of sp³-hybridized carbons (Fsp3) is 0.0556. The molecule has 0 radical (unpaired) electrons. The van der Waals surface area contributed by atoms with Crippen LogP contribution in [0.5, 0.6) is 5.75 Å². The van der Waals surface area contributed by atoms with E-state index in [1.807, 2.05) is 31.2 Å². The van der Waals surface area contributed by atoms with Gasteiger partial charge in [-0.2, -0.15) is 5.10 Å². The number of carbonyl (C=O) groups is 1. The summed E-state index contributed by atoms with van der Waals surface area (Å²) in [5.74, 6) is -0.246. The molecule has 0 fully saturated rings. The highest BCUT2D eigenvalue weighted by molar-refractivity contribution is 9.10. The van der Waals surface area contributed by atoms with Crippen LogP contribution < -0.4 is 5.43 Å². The molecule has 120 valence electrons. The van der Waals surface area contributed by atoms with E-state index in [-0.39, 0.29) is 11.7 Å². The van der Waals surface area contributed by atoms with Gasteiger partial charge >= 0.3 is 0 Å². The van der Waals surface area contributed by atoms with Crippen molar-refractivity contribution in [2.45, 2.75) is 6.92 Å². The Bertz CT molecular complexity index is 954. The van der Waals surface area contributed by atoms with Gasteiger partial charge in [0.05, 0.1) is 17.3 Å². The van der Waals surface area contributed by atoms with E-state index in [1.54, 1.807) is 24.3 Å². The highest BCUT2D eigenvalue weighted by atomic mass is 79.9. The lowest BCUT2D eigenvalue weighted by Gasteiger charge is -2.06. The van der Waals surface area contributed by atoms with Crippen molar-refractivity contribution in [3.8, 4) is 5.75 Å². The first-order valence-corrected chi connectivity index (χ1v) is 8.02. The van der Waals surface area contributed by atoms with Gasteiger partial charge in [0, 0.05) is 21.1 Å². The molecular formula is C18H14BrN3O2. The minimum atomic E-state index is -0.331. The van der Waals surface area contributed by atoms with Gasteiger partial charge in [-0.3, -0.25) is 9.78 Å². The molecule has 0 atom stereocenters. The first kappa shape index (κ1) is 16.1. The van der Waals surface area contributed by atoms with Crippen LogP contribution in [0.1, 0.15) is 21.6 Å². The Hall–Kier alpha value is -2.73. The Labute approximate surface area is 147 Å². The second kappa shape index (κ2) is 6.80. The number of aryl methyl sites for hydroxylation is 1. The van der Waals surface area contributed by atoms with Gasteiger partial charge in [0.15, 0.2) is 0 Å². The minimum Gasteiger partial charge on any atom is -0.507 e. The molecule has 2 aromatic carbocycles. The van der Waals surface area contributed by atoms with Crippen LogP contribution in [0.25, 0.3) is 10.9 Å². The quantitative estimate of drug-likeness (QED) is 0.533. The van der Waals surface area contributed by atoms with Crippen LogP contribution in [0.2, 0.25) is 0 Å². The van der Waals surface area contributed by atoms with Gasteiger partial charge in [-0.25, -0.2) is 5.43 Å². The zero-order valence-corrected chi connectivity index (χ0v) is 14.4. The Morgan fingerprint density at radius 2 is 2.04 bits per heavy atom. The van der Waals surface area contributed by atoms with Crippen molar-refractivity contribution in [1.29, 1.82) is 0 Å². The largest absolute Gasteiger partial charge is 0.507 e. The van der Waals surface area contributed by atoms with Gasteiger partial charge in [-0.1, -0.05) is 34.1 Å². The standard InChI is InChI=1S/C18H14BrN3O2/c1-11-8-15(14-4-2-3-5-16(14)21-11)18(24)22-20-10-12-9-13(19)6-7-17(12)23/h2-10,23H,1H3,(H,22,24)/b20-10-. The summed E-state index contributed by atoms with van der Waals surface area (Å²) < 4.78 is 0.809. The monoisotopic (exact) mass is 383 g/mol. The number of rotatable bonds is 3. The van der Waals surface area contributed by atoms with Crippen molar-refractivity contribution in [2.24, 2.45) is 5.10 Å². The summed E-state index contributed by atoms with van der Waals surface area (Å²) in [6.07, 6.45) is 1.40. The first-order chi connectivity index (χ1) is 11.5. The molecule has 0 saturated carbocycles. The number of nitrogens with one attached hydrogen (secondary N) is 1. The van der Waals surface area contributed by atoms with Crippen molar-refractivity contribution < 1.29 is 9.90 Å². The number of hydrogen-bond acceptors (Lipinski definition) is 4. The molecule has 2 N–H and O–H groups in total. The average Bonchev–Trinajstić information content (AvgIpc) is 2.57. The highest BCUT2D eigenvalue weighted by Gasteiger charge is 2.11. The normalized spacial score (nSPS) is 11.1. The molecule has 5 nitrogen and oxygen atoms in total. The van der Waals surface area contributed by atoms with Crippen molar-refractivity contribution in [3.05, 3.63) is 69.8 Å². The first-order valence-electron chi connectivity index (χ1n) is 7.23. The predicted octanol–water partition coefficient (Wildman–Crippen LogP) is 3.78. The van der Waals surface area contributed by atoms with E-state index in [0.29, 0.717) is 11.1 Å². The highest BCUT2D eigenvalue weighted by Crippen LogP contribution is 2.20. The molecule has 1 heterocycles. The Kier molecular flexibility index (Phi) is 4.57. The van der Waals surface area contributed by atoms with Crippen molar-refractivity contribution in [1.82, 2.24) is 10.4 Å². The number of aromatic nitrogens is 1. The number of phenols is 1. The van der Waals surface area contributed by atoms with Crippen LogP contribution in [0, 0.1) is 6.92 Å². The Morgan fingerprint density at radius 3 is 2.88 bits per heavy atom. The third kappa shape index (κ3) is 3.44. The van der Waals surface area contributed by atoms with Crippen LogP contribution in [0.3, 0.4) is 0 Å². The number of pyridine rings is 1. The number of benzene rings is 2. The maximum absolute atomic E-state index is 12.4. The number of carbonyl (C=O) groups excluding carboxylic acids is 1. The lowest BCUT2D eigenvalue weighted by molar-refractivity contribution is 0.0956. The zero-order valence-electron chi connectivity index (χ0n) is 12.8. The predicted molar refractivity (Wildman–Crippen MR) is 97.3 cm³/mol. The lowest BCUT2D eigenvalue weighted by atomic mass is 10.1. The van der Waals surface area contributed by atoms with Crippen molar-refractivity contribution in [2.75, 3.05) is 0 Å². The number of amides is 1. The molecule has 0 spiro atoms. The molecule has 24 heavy (non-hydrogen) atoms. The number of fused-ring (bicyclic) bond motifs is 1. The van der Waals surface area contributed by atoms with Crippen LogP contribution in [-0.2, 0) is 0 Å². The van der Waals surface area contributed by atoms with Gasteiger partial charge in [0.25, 0.3) is 5.91 Å². The van der Waals surface area contributed by atoms with E-state index in [1.165, 1.54) is 6.21 Å². The number of hydrazone groups is 1. The molecule has 0 aliphatic carbocycles. The summed E-state index contributed by atoms with van der Waals surface area (Å²) in [5.41, 5.74) is 5.02. The number of phenolic OH excluding ortho intramolecular Hbond substituents is 1. The third-order valence-electron chi connectivity index (χ3n) is 3.45. The molecule has 0 bridgehead atoms. The zero-order chi connectivity index (χ0) is 17.1. The molecule has 0 aliphatic heterocycles. The molecule has 1 aromatic heterocycles. The lowest BCUT2D eigenvalue weighted by Crippen LogP contribution is -2.18. The number of halogens is 1. The smallest absolute Gasteiger partial charge is 0.272 e. The number of aromatic hydroxyl groups is 1. The van der Waals surface area contributed by atoms with Gasteiger partial charge in [-0.05, 0) is 37.3 Å². The van der Waals surface area contributed by atoms with E-state index in [2.05, 4.69) is 31.4 Å². The SMILES string of the molecule is Cc1cc(C(=O)N/N=C\c2cc(Br)ccc2O)c2ccccc2n1. The fourth-order valence-electron chi connectivity index (χ4n) is 2.35. The maximum atomic E-state index is 12.4. The Morgan fingerprint density at radius 1 is 1.25 bits per heavy atom. The maximum Gasteiger partial charge on any atom is 0.272 e. The third-order valence-corrected chi connectivity index (χ3v) is 3.94. The van der Waals surface area contributed by atoms with Gasteiger partial charge < -0.3 is 5.11 Å². The summed E-state index contributed by atoms with van der Waals surface area (Å²) in [7, 11) is 0. The topological polar surface area (TPSA) is 74.6 Å². The van der Waals surface area contributed by atoms with E-state index in [0.717, 1.165) is 21.1 Å². The number of nitrogens with zero attached hydrogens (tertiary/aromatic N) is 2. The molecule has 0 unspecified atom stereocenters. The van der Waals surface area contributed by atoms with Crippen LogP contribution >= 0.6 is 15.9 Å². The van der Waals surface area contributed by atoms with E-state index >= 15 is 0 Å². The van der Waals surface area contributed by atoms with E-state index in [9.17, 15) is 9.90 Å². The molecule has 0 aliphatic rings. The van der Waals surface area contributed by atoms with E-state index < -0.39 is 0 Å². The van der Waals surface area contributed by atoms with Crippen molar-refractivity contribution >= 4 is 39.0 Å². The Balaban J connectivity index is 1.85. The summed E-state index contributed by atoms with van der Waals surface area (Å²) in [6, 6.07) is 14.1. The second-order valence-corrected chi connectivity index (χ2v) is 6.15. The molecular weight excluding hydrogens is 370 g/mol. The van der Waals surface area contributed by atoms with Crippen LogP contribution in [0.4, 0.5) is 0 Å². The number of para-hydroxylation sites is 1. The summed E-state index contributed by atoms with van der Waals surface area (Å²) in [5, 5.41) is 14.5. The molecule has 0 saturated heterocycles. The van der Waals surface area contributed by atoms with Crippen molar-refractivity contribution in [3.63, 3.8) is 0 Å². The van der Waals surface area contributed by atoms with Gasteiger partial charge in [-0.15, -0.1) is 0 Å².